The van der Waals surface area contributed by atoms with E-state index in [1.54, 1.807) is 31.5 Å². The number of aromatic nitrogens is 1. The molecule has 1 aromatic rings. The Hall–Kier alpha value is -1.62. The first-order chi connectivity index (χ1) is 10.5. The molecule has 2 N–H and O–H groups in total. The normalized spacial score (nSPS) is 20.0. The second kappa shape index (κ2) is 7.58. The van der Waals surface area contributed by atoms with Gasteiger partial charge in [0.15, 0.2) is 6.10 Å². The number of nitrogens with one attached hydrogen (secondary N) is 1. The van der Waals surface area contributed by atoms with Crippen LogP contribution >= 0.6 is 0 Å². The van der Waals surface area contributed by atoms with Gasteiger partial charge in [0.25, 0.3) is 5.91 Å². The first kappa shape index (κ1) is 16.7. The molecule has 22 heavy (non-hydrogen) atoms. The van der Waals surface area contributed by atoms with Crippen LogP contribution in [0.4, 0.5) is 0 Å². The Morgan fingerprint density at radius 1 is 1.50 bits per heavy atom. The average Bonchev–Trinajstić information content (AvgIpc) is 2.56. The largest absolute Gasteiger partial charge is 0.479 e. The molecule has 0 saturated heterocycles. The van der Waals surface area contributed by atoms with Crippen LogP contribution < -0.4 is 10.1 Å². The summed E-state index contributed by atoms with van der Waals surface area (Å²) in [5.74, 6) is 0.681. The summed E-state index contributed by atoms with van der Waals surface area (Å²) in [6, 6.07) is 3.53. The van der Waals surface area contributed by atoms with Crippen molar-refractivity contribution in [2.45, 2.75) is 57.6 Å². The van der Waals surface area contributed by atoms with Gasteiger partial charge in [-0.1, -0.05) is 19.3 Å². The summed E-state index contributed by atoms with van der Waals surface area (Å²) in [5.41, 5.74) is -0.579. The second-order valence-electron chi connectivity index (χ2n) is 6.35. The number of aliphatic hydroxyl groups is 1. The van der Waals surface area contributed by atoms with Gasteiger partial charge >= 0.3 is 0 Å². The van der Waals surface area contributed by atoms with Crippen LogP contribution in [0.5, 0.6) is 5.75 Å². The van der Waals surface area contributed by atoms with Crippen LogP contribution in [0.25, 0.3) is 0 Å². The van der Waals surface area contributed by atoms with E-state index in [0.717, 1.165) is 25.7 Å². The predicted octanol–water partition coefficient (Wildman–Crippen LogP) is 2.30. The third-order valence-corrected chi connectivity index (χ3v) is 4.56. The summed E-state index contributed by atoms with van der Waals surface area (Å²) in [7, 11) is 0. The molecular weight excluding hydrogens is 280 g/mol. The van der Waals surface area contributed by atoms with Gasteiger partial charge in [0, 0.05) is 6.20 Å². The maximum absolute atomic E-state index is 12.4. The van der Waals surface area contributed by atoms with E-state index in [0.29, 0.717) is 11.7 Å². The van der Waals surface area contributed by atoms with Crippen molar-refractivity contribution < 1.29 is 14.6 Å². The van der Waals surface area contributed by atoms with Crippen LogP contribution in [-0.4, -0.2) is 34.2 Å². The van der Waals surface area contributed by atoms with Crippen molar-refractivity contribution in [3.05, 3.63) is 24.5 Å². The van der Waals surface area contributed by atoms with Gasteiger partial charge in [-0.15, -0.1) is 0 Å². The van der Waals surface area contributed by atoms with E-state index in [1.807, 2.05) is 6.92 Å². The second-order valence-corrected chi connectivity index (χ2v) is 6.35. The van der Waals surface area contributed by atoms with Gasteiger partial charge in [0.1, 0.15) is 5.75 Å². The average molecular weight is 306 g/mol. The van der Waals surface area contributed by atoms with E-state index in [9.17, 15) is 9.90 Å². The number of hydrogen-bond donors (Lipinski definition) is 2. The molecule has 1 heterocycles. The van der Waals surface area contributed by atoms with E-state index in [4.69, 9.17) is 4.74 Å². The fourth-order valence-corrected chi connectivity index (χ4v) is 3.07. The third kappa shape index (κ3) is 4.19. The van der Waals surface area contributed by atoms with Gasteiger partial charge in [0.05, 0.1) is 18.3 Å². The Labute approximate surface area is 132 Å². The van der Waals surface area contributed by atoms with Crippen LogP contribution in [0.2, 0.25) is 0 Å². The van der Waals surface area contributed by atoms with Crippen LogP contribution in [0.3, 0.4) is 0 Å². The zero-order valence-electron chi connectivity index (χ0n) is 13.4. The van der Waals surface area contributed by atoms with Crippen molar-refractivity contribution in [3.63, 3.8) is 0 Å². The first-order valence-electron chi connectivity index (χ1n) is 8.05. The quantitative estimate of drug-likeness (QED) is 0.846. The Kier molecular flexibility index (Phi) is 5.77. The number of carbonyl (C=O) groups excluding carboxylic acids is 1. The zero-order chi connectivity index (χ0) is 16.0. The molecule has 5 heteroatoms. The maximum atomic E-state index is 12.4. The Morgan fingerprint density at radius 2 is 2.23 bits per heavy atom. The lowest BCUT2D eigenvalue weighted by molar-refractivity contribution is -0.130. The molecule has 2 atom stereocenters. The fourth-order valence-electron chi connectivity index (χ4n) is 3.07. The van der Waals surface area contributed by atoms with Gasteiger partial charge in [-0.3, -0.25) is 9.78 Å². The van der Waals surface area contributed by atoms with Crippen LogP contribution in [0, 0.1) is 5.92 Å². The fraction of sp³-hybridized carbons (Fsp3) is 0.647. The molecule has 5 nitrogen and oxygen atoms in total. The molecule has 1 aromatic heterocycles. The van der Waals surface area contributed by atoms with Crippen molar-refractivity contribution in [1.29, 1.82) is 0 Å². The number of aliphatic hydroxyl groups excluding tert-OH is 1. The van der Waals surface area contributed by atoms with E-state index >= 15 is 0 Å². The molecule has 0 spiro atoms. The summed E-state index contributed by atoms with van der Waals surface area (Å²) < 4.78 is 5.60. The van der Waals surface area contributed by atoms with E-state index < -0.39 is 11.6 Å². The highest BCUT2D eigenvalue weighted by molar-refractivity contribution is 5.81. The standard InChI is InChI=1S/C17H26N2O3/c1-13(22-15-9-6-10-18-11-15)16(21)19-17(2,12-20)14-7-4-3-5-8-14/h6,9-11,13-14,20H,3-5,7-8,12H2,1-2H3,(H,19,21)/t13-,17-/m1/s1. The lowest BCUT2D eigenvalue weighted by atomic mass is 9.76. The zero-order valence-corrected chi connectivity index (χ0v) is 13.4. The molecular formula is C17H26N2O3. The monoisotopic (exact) mass is 306 g/mol. The van der Waals surface area contributed by atoms with E-state index in [1.165, 1.54) is 6.42 Å². The molecule has 122 valence electrons. The van der Waals surface area contributed by atoms with Crippen molar-refractivity contribution >= 4 is 5.91 Å². The minimum Gasteiger partial charge on any atom is -0.479 e. The highest BCUT2D eigenvalue weighted by atomic mass is 16.5. The minimum absolute atomic E-state index is 0.0526. The Morgan fingerprint density at radius 3 is 2.82 bits per heavy atom. The summed E-state index contributed by atoms with van der Waals surface area (Å²) in [4.78, 5) is 16.4. The molecule has 1 fully saturated rings. The molecule has 1 aliphatic carbocycles. The minimum atomic E-state index is -0.626. The van der Waals surface area contributed by atoms with Gasteiger partial charge in [-0.2, -0.15) is 0 Å². The third-order valence-electron chi connectivity index (χ3n) is 4.56. The molecule has 0 bridgehead atoms. The van der Waals surface area contributed by atoms with Crippen molar-refractivity contribution in [3.8, 4) is 5.75 Å². The van der Waals surface area contributed by atoms with E-state index in [2.05, 4.69) is 10.3 Å². The van der Waals surface area contributed by atoms with Gasteiger partial charge in [-0.25, -0.2) is 0 Å². The maximum Gasteiger partial charge on any atom is 0.261 e. The molecule has 1 amide bonds. The number of amides is 1. The lowest BCUT2D eigenvalue weighted by Gasteiger charge is -2.39. The van der Waals surface area contributed by atoms with Crippen LogP contribution in [0.1, 0.15) is 46.0 Å². The highest BCUT2D eigenvalue weighted by Crippen LogP contribution is 2.32. The molecule has 0 aromatic carbocycles. The summed E-state index contributed by atoms with van der Waals surface area (Å²) in [6.45, 7) is 3.59. The van der Waals surface area contributed by atoms with Crippen LogP contribution in [0.15, 0.2) is 24.5 Å². The smallest absolute Gasteiger partial charge is 0.261 e. The number of carbonyl (C=O) groups is 1. The van der Waals surface area contributed by atoms with Crippen LogP contribution in [-0.2, 0) is 4.79 Å². The van der Waals surface area contributed by atoms with Crippen molar-refractivity contribution in [1.82, 2.24) is 10.3 Å². The summed E-state index contributed by atoms with van der Waals surface area (Å²) >= 11 is 0. The molecule has 0 radical (unpaired) electrons. The molecule has 2 rings (SSSR count). The SMILES string of the molecule is C[C@@H](Oc1cccnc1)C(=O)N[C@](C)(CO)C1CCCCC1. The van der Waals surface area contributed by atoms with Crippen molar-refractivity contribution in [2.75, 3.05) is 6.61 Å². The lowest BCUT2D eigenvalue weighted by Crippen LogP contribution is -2.57. The highest BCUT2D eigenvalue weighted by Gasteiger charge is 2.37. The summed E-state index contributed by atoms with van der Waals surface area (Å²) in [6.07, 6.45) is 8.28. The Balaban J connectivity index is 1.95. The topological polar surface area (TPSA) is 71.5 Å². The molecule has 1 saturated carbocycles. The first-order valence-corrected chi connectivity index (χ1v) is 8.05. The number of rotatable bonds is 6. The predicted molar refractivity (Wildman–Crippen MR) is 84.5 cm³/mol. The van der Waals surface area contributed by atoms with Crippen molar-refractivity contribution in [2.24, 2.45) is 5.92 Å². The molecule has 1 aliphatic rings. The summed E-state index contributed by atoms with van der Waals surface area (Å²) in [5, 5.41) is 12.8. The van der Waals surface area contributed by atoms with Gasteiger partial charge in [0.2, 0.25) is 0 Å². The molecule has 0 aliphatic heterocycles. The number of hydrogen-bond acceptors (Lipinski definition) is 4. The number of nitrogens with zero attached hydrogens (tertiary/aromatic N) is 1. The molecule has 0 unspecified atom stereocenters. The van der Waals surface area contributed by atoms with E-state index in [-0.39, 0.29) is 12.5 Å². The van der Waals surface area contributed by atoms with Gasteiger partial charge < -0.3 is 15.2 Å². The Bertz CT molecular complexity index is 474. The number of ether oxygens (including phenoxy) is 1. The van der Waals surface area contributed by atoms with Gasteiger partial charge in [-0.05, 0) is 44.7 Å². The number of pyridine rings is 1.